The van der Waals surface area contributed by atoms with Gasteiger partial charge in [0.15, 0.2) is 5.78 Å². The number of amides is 1. The van der Waals surface area contributed by atoms with Crippen LogP contribution in [-0.2, 0) is 16.0 Å². The number of hydrogen-bond donors (Lipinski definition) is 4. The molecule has 2 aromatic carbocycles. The van der Waals surface area contributed by atoms with E-state index >= 15 is 0 Å². The Hall–Kier alpha value is -3.52. The Kier molecular flexibility index (Phi) is 7.37. The standard InChI is InChI=1S/C24H28N4O4/c25-21(22(31)16-9-4-10-17(12-16)23(26)27)19-13-18(14-20(29)30)24(32)28(19)11-5-8-15-6-2-1-3-7-15/h1-4,6-7,9-10,12,18-19,21H,5,8,11,13-14,25H2,(H3,26,27)(H,29,30)/t18-,19-,21?/m0/s1. The van der Waals surface area contributed by atoms with Gasteiger partial charge in [-0.3, -0.25) is 19.8 Å². The number of nitrogens with two attached hydrogens (primary N) is 2. The molecule has 1 heterocycles. The highest BCUT2D eigenvalue weighted by atomic mass is 16.4. The molecule has 6 N–H and O–H groups in total. The number of carbonyl (C=O) groups is 3. The summed E-state index contributed by atoms with van der Waals surface area (Å²) >= 11 is 0. The van der Waals surface area contributed by atoms with E-state index in [1.807, 2.05) is 30.3 Å². The molecule has 3 atom stereocenters. The number of carboxylic acids is 1. The van der Waals surface area contributed by atoms with Gasteiger partial charge in [0.2, 0.25) is 5.91 Å². The third-order valence-electron chi connectivity index (χ3n) is 5.86. The van der Waals surface area contributed by atoms with Crippen LogP contribution in [0.25, 0.3) is 0 Å². The molecule has 168 valence electrons. The first kappa shape index (κ1) is 23.1. The van der Waals surface area contributed by atoms with Gasteiger partial charge in [0.1, 0.15) is 5.84 Å². The number of rotatable bonds is 10. The van der Waals surface area contributed by atoms with E-state index in [0.717, 1.165) is 12.0 Å². The zero-order chi connectivity index (χ0) is 23.3. The largest absolute Gasteiger partial charge is 0.481 e. The van der Waals surface area contributed by atoms with Crippen LogP contribution >= 0.6 is 0 Å². The number of aliphatic carboxylic acids is 1. The fourth-order valence-electron chi connectivity index (χ4n) is 4.22. The van der Waals surface area contributed by atoms with Crippen molar-refractivity contribution in [3.05, 3.63) is 71.3 Å². The molecule has 1 saturated heterocycles. The van der Waals surface area contributed by atoms with Crippen LogP contribution in [0.3, 0.4) is 0 Å². The summed E-state index contributed by atoms with van der Waals surface area (Å²) in [7, 11) is 0. The van der Waals surface area contributed by atoms with E-state index in [1.165, 1.54) is 6.07 Å². The average molecular weight is 437 g/mol. The lowest BCUT2D eigenvalue weighted by atomic mass is 9.92. The fraction of sp³-hybridized carbons (Fsp3) is 0.333. The monoisotopic (exact) mass is 436 g/mol. The van der Waals surface area contributed by atoms with Gasteiger partial charge in [-0.25, -0.2) is 0 Å². The Morgan fingerprint density at radius 3 is 2.47 bits per heavy atom. The molecular formula is C24H28N4O4. The Bertz CT molecular complexity index is 1010. The van der Waals surface area contributed by atoms with Crippen molar-refractivity contribution in [1.29, 1.82) is 5.41 Å². The van der Waals surface area contributed by atoms with Crippen molar-refractivity contribution in [2.24, 2.45) is 17.4 Å². The summed E-state index contributed by atoms with van der Waals surface area (Å²) in [5.41, 5.74) is 13.7. The summed E-state index contributed by atoms with van der Waals surface area (Å²) in [6.07, 6.45) is 1.36. The van der Waals surface area contributed by atoms with Crippen LogP contribution < -0.4 is 11.5 Å². The van der Waals surface area contributed by atoms with Crippen LogP contribution in [0, 0.1) is 11.3 Å². The highest BCUT2D eigenvalue weighted by Gasteiger charge is 2.44. The number of aryl methyl sites for hydroxylation is 1. The van der Waals surface area contributed by atoms with Gasteiger partial charge in [0.25, 0.3) is 0 Å². The molecule has 1 aliphatic rings. The number of ketones is 1. The second-order valence-corrected chi connectivity index (χ2v) is 8.10. The number of hydrogen-bond acceptors (Lipinski definition) is 5. The number of likely N-dealkylation sites (tertiary alicyclic amines) is 1. The first-order valence-electron chi connectivity index (χ1n) is 10.6. The topological polar surface area (TPSA) is 151 Å². The molecule has 0 aliphatic carbocycles. The van der Waals surface area contributed by atoms with E-state index < -0.39 is 24.0 Å². The minimum absolute atomic E-state index is 0.159. The van der Waals surface area contributed by atoms with Crippen LogP contribution in [0.2, 0.25) is 0 Å². The van der Waals surface area contributed by atoms with E-state index in [-0.39, 0.29) is 30.4 Å². The normalized spacial score (nSPS) is 19.0. The van der Waals surface area contributed by atoms with E-state index in [0.29, 0.717) is 24.1 Å². The zero-order valence-electron chi connectivity index (χ0n) is 17.7. The van der Waals surface area contributed by atoms with Gasteiger partial charge in [-0.1, -0.05) is 48.5 Å². The molecule has 0 saturated carbocycles. The number of carbonyl (C=O) groups excluding carboxylic acids is 2. The van der Waals surface area contributed by atoms with Crippen LogP contribution in [0.5, 0.6) is 0 Å². The van der Waals surface area contributed by atoms with Crippen molar-refractivity contribution >= 4 is 23.5 Å². The van der Waals surface area contributed by atoms with Crippen molar-refractivity contribution in [2.45, 2.75) is 37.8 Å². The van der Waals surface area contributed by atoms with Gasteiger partial charge in [-0.15, -0.1) is 0 Å². The van der Waals surface area contributed by atoms with Gasteiger partial charge < -0.3 is 21.5 Å². The number of nitrogen functional groups attached to an aromatic ring is 1. The van der Waals surface area contributed by atoms with E-state index in [4.69, 9.17) is 16.9 Å². The molecular weight excluding hydrogens is 408 g/mol. The van der Waals surface area contributed by atoms with Gasteiger partial charge in [-0.2, -0.15) is 0 Å². The third kappa shape index (κ3) is 5.39. The summed E-state index contributed by atoms with van der Waals surface area (Å²) < 4.78 is 0. The number of benzene rings is 2. The summed E-state index contributed by atoms with van der Waals surface area (Å²) in [4.78, 5) is 38.9. The van der Waals surface area contributed by atoms with Gasteiger partial charge in [0.05, 0.1) is 24.4 Å². The first-order chi connectivity index (χ1) is 15.3. The second-order valence-electron chi connectivity index (χ2n) is 8.10. The minimum atomic E-state index is -1.05. The van der Waals surface area contributed by atoms with Crippen LogP contribution in [0.15, 0.2) is 54.6 Å². The summed E-state index contributed by atoms with van der Waals surface area (Å²) in [5.74, 6) is -2.55. The lowest BCUT2D eigenvalue weighted by Crippen LogP contribution is -2.50. The Morgan fingerprint density at radius 2 is 1.81 bits per heavy atom. The molecule has 1 aliphatic heterocycles. The van der Waals surface area contributed by atoms with Crippen LogP contribution in [0.4, 0.5) is 0 Å². The number of nitrogens with zero attached hydrogens (tertiary/aromatic N) is 1. The van der Waals surface area contributed by atoms with Crippen LogP contribution in [-0.4, -0.2) is 52.1 Å². The molecule has 1 amide bonds. The average Bonchev–Trinajstić information content (AvgIpc) is 3.08. The molecule has 8 heteroatoms. The predicted octanol–water partition coefficient (Wildman–Crippen LogP) is 1.81. The molecule has 0 bridgehead atoms. The van der Waals surface area contributed by atoms with Crippen molar-refractivity contribution in [1.82, 2.24) is 4.90 Å². The second kappa shape index (κ2) is 10.2. The Morgan fingerprint density at radius 1 is 1.12 bits per heavy atom. The molecule has 3 rings (SSSR count). The summed E-state index contributed by atoms with van der Waals surface area (Å²) in [6.45, 7) is 0.392. The van der Waals surface area contributed by atoms with Crippen LogP contribution in [0.1, 0.15) is 40.7 Å². The smallest absolute Gasteiger partial charge is 0.304 e. The first-order valence-corrected chi connectivity index (χ1v) is 10.6. The zero-order valence-corrected chi connectivity index (χ0v) is 17.7. The van der Waals surface area contributed by atoms with Gasteiger partial charge in [-0.05, 0) is 30.9 Å². The summed E-state index contributed by atoms with van der Waals surface area (Å²) in [6, 6.07) is 14.6. The third-order valence-corrected chi connectivity index (χ3v) is 5.86. The molecule has 0 spiro atoms. The van der Waals surface area contributed by atoms with Crippen molar-refractivity contribution in [3.63, 3.8) is 0 Å². The maximum atomic E-state index is 13.1. The van der Waals surface area contributed by atoms with Crippen molar-refractivity contribution < 1.29 is 19.5 Å². The maximum absolute atomic E-state index is 13.1. The SMILES string of the molecule is N=C(N)c1cccc(C(=O)C(N)[C@@H]2C[C@@H](CC(=O)O)C(=O)N2CCCc2ccccc2)c1. The highest BCUT2D eigenvalue weighted by molar-refractivity contribution is 6.04. The number of nitrogens with one attached hydrogen (secondary N) is 1. The molecule has 0 aromatic heterocycles. The van der Waals surface area contributed by atoms with Gasteiger partial charge >= 0.3 is 5.97 Å². The van der Waals surface area contributed by atoms with E-state index in [2.05, 4.69) is 0 Å². The van der Waals surface area contributed by atoms with Gasteiger partial charge in [0, 0.05) is 17.7 Å². The highest BCUT2D eigenvalue weighted by Crippen LogP contribution is 2.30. The molecule has 8 nitrogen and oxygen atoms in total. The summed E-state index contributed by atoms with van der Waals surface area (Å²) in [5, 5.41) is 16.8. The lowest BCUT2D eigenvalue weighted by Gasteiger charge is -2.29. The molecule has 1 fully saturated rings. The van der Waals surface area contributed by atoms with E-state index in [9.17, 15) is 19.5 Å². The lowest BCUT2D eigenvalue weighted by molar-refractivity contribution is -0.142. The number of carboxylic acid groups (broad SMARTS) is 1. The van der Waals surface area contributed by atoms with Crippen molar-refractivity contribution in [3.8, 4) is 0 Å². The maximum Gasteiger partial charge on any atom is 0.304 e. The predicted molar refractivity (Wildman–Crippen MR) is 120 cm³/mol. The Balaban J connectivity index is 1.77. The fourth-order valence-corrected chi connectivity index (χ4v) is 4.22. The van der Waals surface area contributed by atoms with Crippen molar-refractivity contribution in [2.75, 3.05) is 6.54 Å². The number of amidine groups is 1. The minimum Gasteiger partial charge on any atom is -0.481 e. The quantitative estimate of drug-likeness (QED) is 0.253. The number of Topliss-reactive ketones (excluding diaryl/α,β-unsaturated/α-hetero) is 1. The molecule has 1 unspecified atom stereocenters. The molecule has 0 radical (unpaired) electrons. The molecule has 2 aromatic rings. The Labute approximate surface area is 186 Å². The van der Waals surface area contributed by atoms with E-state index in [1.54, 1.807) is 23.1 Å². The molecule has 32 heavy (non-hydrogen) atoms.